The van der Waals surface area contributed by atoms with E-state index in [0.29, 0.717) is 0 Å². The monoisotopic (exact) mass is 340 g/mol. The lowest BCUT2D eigenvalue weighted by atomic mass is 10.0. The van der Waals surface area contributed by atoms with Crippen molar-refractivity contribution in [2.24, 2.45) is 0 Å². The second kappa shape index (κ2) is 7.57. The molecule has 0 aliphatic rings. The van der Waals surface area contributed by atoms with E-state index in [1.165, 1.54) is 46.3 Å². The van der Waals surface area contributed by atoms with Crippen LogP contribution in [0.5, 0.6) is 0 Å². The van der Waals surface area contributed by atoms with Gasteiger partial charge < -0.3 is 4.57 Å². The van der Waals surface area contributed by atoms with E-state index in [1.54, 1.807) is 0 Å². The highest BCUT2D eigenvalue weighted by molar-refractivity contribution is 5.87. The standard InChI is InChI=1S/C24H24N2/c1-2-3-11-22-21-12-7-8-13-23(21)26(20-14-16-25-17-15-20)24(22)18-19-9-5-4-6-10-19/h4-10,12-17H,2-3,11,18H2,1H3. The Hall–Kier alpha value is -2.87. The van der Waals surface area contributed by atoms with Crippen LogP contribution in [0.1, 0.15) is 36.6 Å². The first kappa shape index (κ1) is 16.6. The lowest BCUT2D eigenvalue weighted by molar-refractivity contribution is 0.786. The quantitative estimate of drug-likeness (QED) is 0.423. The summed E-state index contributed by atoms with van der Waals surface area (Å²) < 4.78 is 2.43. The third kappa shape index (κ3) is 3.15. The Morgan fingerprint density at radius 2 is 1.58 bits per heavy atom. The number of hydrogen-bond acceptors (Lipinski definition) is 1. The van der Waals surface area contributed by atoms with Crippen LogP contribution >= 0.6 is 0 Å². The summed E-state index contributed by atoms with van der Waals surface area (Å²) in [5.41, 5.74) is 6.71. The van der Waals surface area contributed by atoms with Crippen molar-refractivity contribution in [3.05, 3.63) is 95.9 Å². The topological polar surface area (TPSA) is 17.8 Å². The molecule has 26 heavy (non-hydrogen) atoms. The molecule has 130 valence electrons. The molecule has 0 saturated heterocycles. The average molecular weight is 340 g/mol. The SMILES string of the molecule is CCCCc1c(Cc2ccccc2)n(-c2ccncc2)c2ccccc12. The van der Waals surface area contributed by atoms with E-state index in [0.717, 1.165) is 12.8 Å². The van der Waals surface area contributed by atoms with Crippen LogP contribution in [0.2, 0.25) is 0 Å². The molecule has 2 heterocycles. The maximum absolute atomic E-state index is 4.21. The zero-order valence-electron chi connectivity index (χ0n) is 15.2. The largest absolute Gasteiger partial charge is 0.313 e. The molecule has 2 nitrogen and oxygen atoms in total. The number of aryl methyl sites for hydroxylation is 1. The summed E-state index contributed by atoms with van der Waals surface area (Å²) in [7, 11) is 0. The highest BCUT2D eigenvalue weighted by Crippen LogP contribution is 2.32. The predicted molar refractivity (Wildman–Crippen MR) is 109 cm³/mol. The minimum absolute atomic E-state index is 0.941. The summed E-state index contributed by atoms with van der Waals surface area (Å²) in [5, 5.41) is 1.38. The molecule has 4 aromatic rings. The molecular formula is C24H24N2. The van der Waals surface area contributed by atoms with E-state index in [-0.39, 0.29) is 0 Å². The van der Waals surface area contributed by atoms with Crippen molar-refractivity contribution >= 4 is 10.9 Å². The molecular weight excluding hydrogens is 316 g/mol. The van der Waals surface area contributed by atoms with Gasteiger partial charge in [0, 0.05) is 35.6 Å². The number of pyridine rings is 1. The number of nitrogens with zero attached hydrogens (tertiary/aromatic N) is 2. The molecule has 0 fully saturated rings. The van der Waals surface area contributed by atoms with Gasteiger partial charge in [-0.25, -0.2) is 0 Å². The number of benzene rings is 2. The van der Waals surface area contributed by atoms with E-state index in [9.17, 15) is 0 Å². The van der Waals surface area contributed by atoms with E-state index in [4.69, 9.17) is 0 Å². The van der Waals surface area contributed by atoms with Crippen LogP contribution in [-0.4, -0.2) is 9.55 Å². The number of unbranched alkanes of at least 4 members (excludes halogenated alkanes) is 1. The Bertz CT molecular complexity index is 985. The van der Waals surface area contributed by atoms with Crippen LogP contribution in [0, 0.1) is 0 Å². The van der Waals surface area contributed by atoms with Gasteiger partial charge in [-0.1, -0.05) is 61.9 Å². The second-order valence-electron chi connectivity index (χ2n) is 6.75. The van der Waals surface area contributed by atoms with Gasteiger partial charge >= 0.3 is 0 Å². The molecule has 0 saturated carbocycles. The van der Waals surface area contributed by atoms with E-state index < -0.39 is 0 Å². The molecule has 0 amide bonds. The molecule has 0 atom stereocenters. The van der Waals surface area contributed by atoms with Crippen molar-refractivity contribution in [2.75, 3.05) is 0 Å². The zero-order chi connectivity index (χ0) is 17.8. The molecule has 0 radical (unpaired) electrons. The van der Waals surface area contributed by atoms with Crippen LogP contribution in [-0.2, 0) is 12.8 Å². The number of rotatable bonds is 6. The first-order valence-electron chi connectivity index (χ1n) is 9.44. The minimum Gasteiger partial charge on any atom is -0.313 e. The van der Waals surface area contributed by atoms with E-state index in [1.807, 2.05) is 12.4 Å². The van der Waals surface area contributed by atoms with Crippen molar-refractivity contribution in [2.45, 2.75) is 32.6 Å². The number of aromatic nitrogens is 2. The van der Waals surface area contributed by atoms with Gasteiger partial charge in [0.1, 0.15) is 0 Å². The molecule has 2 aromatic carbocycles. The Morgan fingerprint density at radius 3 is 2.35 bits per heavy atom. The van der Waals surface area contributed by atoms with Crippen LogP contribution < -0.4 is 0 Å². The fourth-order valence-corrected chi connectivity index (χ4v) is 3.76. The van der Waals surface area contributed by atoms with Crippen molar-refractivity contribution in [1.29, 1.82) is 0 Å². The second-order valence-corrected chi connectivity index (χ2v) is 6.75. The Labute approximate surface area is 155 Å². The van der Waals surface area contributed by atoms with Crippen molar-refractivity contribution in [1.82, 2.24) is 9.55 Å². The maximum Gasteiger partial charge on any atom is 0.0534 e. The van der Waals surface area contributed by atoms with Gasteiger partial charge in [-0.15, -0.1) is 0 Å². The van der Waals surface area contributed by atoms with Crippen LogP contribution in [0.15, 0.2) is 79.1 Å². The first-order valence-corrected chi connectivity index (χ1v) is 9.44. The molecule has 0 N–H and O–H groups in total. The van der Waals surface area contributed by atoms with Crippen LogP contribution in [0.25, 0.3) is 16.6 Å². The normalized spacial score (nSPS) is 11.1. The summed E-state index contributed by atoms with van der Waals surface area (Å²) in [6.07, 6.45) is 8.24. The summed E-state index contributed by atoms with van der Waals surface area (Å²) in [5.74, 6) is 0. The van der Waals surface area contributed by atoms with Crippen molar-refractivity contribution in [3.8, 4) is 5.69 Å². The Kier molecular flexibility index (Phi) is 4.83. The van der Waals surface area contributed by atoms with Gasteiger partial charge in [0.15, 0.2) is 0 Å². The Morgan fingerprint density at radius 1 is 0.846 bits per heavy atom. The Balaban J connectivity index is 1.95. The van der Waals surface area contributed by atoms with Crippen LogP contribution in [0.3, 0.4) is 0 Å². The molecule has 0 aliphatic carbocycles. The van der Waals surface area contributed by atoms with Crippen LogP contribution in [0.4, 0.5) is 0 Å². The van der Waals surface area contributed by atoms with Crippen molar-refractivity contribution < 1.29 is 0 Å². The van der Waals surface area contributed by atoms with Gasteiger partial charge in [0.2, 0.25) is 0 Å². The van der Waals surface area contributed by atoms with Gasteiger partial charge in [-0.3, -0.25) is 4.98 Å². The smallest absolute Gasteiger partial charge is 0.0534 e. The van der Waals surface area contributed by atoms with Gasteiger partial charge in [-0.2, -0.15) is 0 Å². The molecule has 0 aliphatic heterocycles. The highest BCUT2D eigenvalue weighted by atomic mass is 15.0. The van der Waals surface area contributed by atoms with Crippen molar-refractivity contribution in [3.63, 3.8) is 0 Å². The number of para-hydroxylation sites is 1. The minimum atomic E-state index is 0.941. The summed E-state index contributed by atoms with van der Waals surface area (Å²) >= 11 is 0. The van der Waals surface area contributed by atoms with E-state index in [2.05, 4.69) is 83.2 Å². The van der Waals surface area contributed by atoms with Gasteiger partial charge in [0.25, 0.3) is 0 Å². The summed E-state index contributed by atoms with van der Waals surface area (Å²) in [6, 6.07) is 23.8. The molecule has 2 heteroatoms. The summed E-state index contributed by atoms with van der Waals surface area (Å²) in [6.45, 7) is 2.26. The summed E-state index contributed by atoms with van der Waals surface area (Å²) in [4.78, 5) is 4.21. The fraction of sp³-hybridized carbons (Fsp3) is 0.208. The average Bonchev–Trinajstić information content (AvgIpc) is 3.01. The third-order valence-electron chi connectivity index (χ3n) is 5.00. The first-order chi connectivity index (χ1) is 12.9. The third-order valence-corrected chi connectivity index (χ3v) is 5.00. The fourth-order valence-electron chi connectivity index (χ4n) is 3.76. The molecule has 2 aromatic heterocycles. The lowest BCUT2D eigenvalue weighted by Gasteiger charge is -2.13. The number of hydrogen-bond donors (Lipinski definition) is 0. The molecule has 0 bridgehead atoms. The lowest BCUT2D eigenvalue weighted by Crippen LogP contribution is -2.04. The predicted octanol–water partition coefficient (Wildman–Crippen LogP) is 5.96. The van der Waals surface area contributed by atoms with E-state index >= 15 is 0 Å². The van der Waals surface area contributed by atoms with Gasteiger partial charge in [0.05, 0.1) is 5.52 Å². The zero-order valence-corrected chi connectivity index (χ0v) is 15.2. The molecule has 4 rings (SSSR count). The maximum atomic E-state index is 4.21. The molecule has 0 spiro atoms. The highest BCUT2D eigenvalue weighted by Gasteiger charge is 2.18. The number of fused-ring (bicyclic) bond motifs is 1. The van der Waals surface area contributed by atoms with Gasteiger partial charge in [-0.05, 0) is 42.2 Å². The molecule has 0 unspecified atom stereocenters.